The van der Waals surface area contributed by atoms with Gasteiger partial charge in [0.15, 0.2) is 5.82 Å². The molecule has 2 aromatic carbocycles. The number of amides is 1. The molecule has 1 aromatic heterocycles. The van der Waals surface area contributed by atoms with Gasteiger partial charge >= 0.3 is 0 Å². The maximum atomic E-state index is 12.4. The van der Waals surface area contributed by atoms with E-state index in [-0.39, 0.29) is 27.1 Å². The summed E-state index contributed by atoms with van der Waals surface area (Å²) in [6, 6.07) is 11.0. The van der Waals surface area contributed by atoms with Crippen LogP contribution in [0.3, 0.4) is 0 Å². The second-order valence-corrected chi connectivity index (χ2v) is 6.78. The van der Waals surface area contributed by atoms with Gasteiger partial charge in [-0.3, -0.25) is 19.6 Å². The number of aromatic nitrogens is 2. The summed E-state index contributed by atoms with van der Waals surface area (Å²) in [5, 5.41) is 18.5. The van der Waals surface area contributed by atoms with Crippen LogP contribution in [0.5, 0.6) is 0 Å². The van der Waals surface area contributed by atoms with Crippen molar-refractivity contribution in [1.29, 1.82) is 0 Å². The van der Waals surface area contributed by atoms with Crippen molar-refractivity contribution in [3.05, 3.63) is 85.0 Å². The Morgan fingerprint density at radius 3 is 2.48 bits per heavy atom. The second kappa shape index (κ2) is 7.96. The molecule has 27 heavy (non-hydrogen) atoms. The highest BCUT2D eigenvalue weighted by Gasteiger charge is 2.18. The monoisotopic (exact) mass is 424 g/mol. The molecule has 10 heteroatoms. The minimum absolute atomic E-state index is 0.0539. The van der Waals surface area contributed by atoms with E-state index in [1.165, 1.54) is 12.1 Å². The zero-order valence-corrected chi connectivity index (χ0v) is 15.8. The summed E-state index contributed by atoms with van der Waals surface area (Å²) in [5.41, 5.74) is 0.655. The lowest BCUT2D eigenvalue weighted by Crippen LogP contribution is -2.13. The van der Waals surface area contributed by atoms with E-state index in [2.05, 4.69) is 10.4 Å². The number of nitro benzene ring substituents is 1. The standard InChI is InChI=1S/C17H11Cl3N4O3/c18-12-4-1-10(2-5-12)8-23-9-14(20)16(22-23)21-17(25)11-3-6-13(19)15(7-11)24(26)27/h1-7,9H,8H2,(H,21,22,25). The van der Waals surface area contributed by atoms with Gasteiger partial charge in [0.1, 0.15) is 10.0 Å². The lowest BCUT2D eigenvalue weighted by molar-refractivity contribution is -0.384. The van der Waals surface area contributed by atoms with E-state index in [0.29, 0.717) is 11.6 Å². The maximum absolute atomic E-state index is 12.4. The fraction of sp³-hybridized carbons (Fsp3) is 0.0588. The minimum Gasteiger partial charge on any atom is -0.304 e. The number of hydrogen-bond acceptors (Lipinski definition) is 4. The summed E-state index contributed by atoms with van der Waals surface area (Å²) in [4.78, 5) is 22.6. The van der Waals surface area contributed by atoms with Gasteiger partial charge in [-0.2, -0.15) is 5.10 Å². The van der Waals surface area contributed by atoms with Crippen molar-refractivity contribution in [2.75, 3.05) is 5.32 Å². The summed E-state index contributed by atoms with van der Waals surface area (Å²) in [7, 11) is 0. The lowest BCUT2D eigenvalue weighted by atomic mass is 10.2. The largest absolute Gasteiger partial charge is 0.304 e. The zero-order chi connectivity index (χ0) is 19.6. The topological polar surface area (TPSA) is 90.1 Å². The molecule has 0 atom stereocenters. The minimum atomic E-state index is -0.660. The Bertz CT molecular complexity index is 1020. The SMILES string of the molecule is O=C(Nc1nn(Cc2ccc(Cl)cc2)cc1Cl)c1ccc(Cl)c([N+](=O)[O-])c1. The van der Waals surface area contributed by atoms with Crippen LogP contribution in [0, 0.1) is 10.1 Å². The lowest BCUT2D eigenvalue weighted by Gasteiger charge is -2.04. The number of nitro groups is 1. The summed E-state index contributed by atoms with van der Waals surface area (Å²) in [5.74, 6) is -0.443. The van der Waals surface area contributed by atoms with E-state index < -0.39 is 10.8 Å². The number of carbonyl (C=O) groups is 1. The molecule has 0 unspecified atom stereocenters. The van der Waals surface area contributed by atoms with Gasteiger partial charge in [-0.25, -0.2) is 0 Å². The van der Waals surface area contributed by atoms with Gasteiger partial charge < -0.3 is 5.32 Å². The van der Waals surface area contributed by atoms with Gasteiger partial charge in [0.25, 0.3) is 11.6 Å². The van der Waals surface area contributed by atoms with Gasteiger partial charge in [0, 0.05) is 22.8 Å². The van der Waals surface area contributed by atoms with Crippen LogP contribution in [0.25, 0.3) is 0 Å². The number of rotatable bonds is 5. The number of nitrogens with zero attached hydrogens (tertiary/aromatic N) is 3. The molecule has 3 aromatic rings. The van der Waals surface area contributed by atoms with Gasteiger partial charge in [-0.15, -0.1) is 0 Å². The van der Waals surface area contributed by atoms with E-state index in [1.807, 2.05) is 12.1 Å². The Morgan fingerprint density at radius 2 is 1.81 bits per heavy atom. The molecule has 0 aliphatic heterocycles. The van der Waals surface area contributed by atoms with Crippen molar-refractivity contribution in [3.8, 4) is 0 Å². The van der Waals surface area contributed by atoms with Crippen molar-refractivity contribution < 1.29 is 9.72 Å². The van der Waals surface area contributed by atoms with E-state index in [9.17, 15) is 14.9 Å². The number of anilines is 1. The van der Waals surface area contributed by atoms with Crippen LogP contribution in [0.2, 0.25) is 15.1 Å². The van der Waals surface area contributed by atoms with Crippen LogP contribution in [0.15, 0.2) is 48.7 Å². The highest BCUT2D eigenvalue weighted by molar-refractivity contribution is 6.34. The van der Waals surface area contributed by atoms with Crippen LogP contribution >= 0.6 is 34.8 Å². The quantitative estimate of drug-likeness (QED) is 0.457. The van der Waals surface area contributed by atoms with Crippen LogP contribution < -0.4 is 5.32 Å². The first-order valence-electron chi connectivity index (χ1n) is 7.56. The molecule has 1 heterocycles. The Balaban J connectivity index is 1.77. The van der Waals surface area contributed by atoms with E-state index in [4.69, 9.17) is 34.8 Å². The average Bonchev–Trinajstić information content (AvgIpc) is 2.96. The van der Waals surface area contributed by atoms with E-state index in [0.717, 1.165) is 11.6 Å². The van der Waals surface area contributed by atoms with E-state index in [1.54, 1.807) is 23.0 Å². The molecule has 0 aliphatic rings. The first-order chi connectivity index (χ1) is 12.8. The summed E-state index contributed by atoms with van der Waals surface area (Å²) in [6.07, 6.45) is 1.57. The summed E-state index contributed by atoms with van der Waals surface area (Å²) >= 11 is 17.7. The third kappa shape index (κ3) is 4.57. The Hall–Kier alpha value is -2.61. The highest BCUT2D eigenvalue weighted by Crippen LogP contribution is 2.26. The van der Waals surface area contributed by atoms with Crippen LogP contribution in [0.1, 0.15) is 15.9 Å². The Morgan fingerprint density at radius 1 is 1.11 bits per heavy atom. The predicted octanol–water partition coefficient (Wildman–Crippen LogP) is 5.05. The Labute approximate surface area is 168 Å². The van der Waals surface area contributed by atoms with Gasteiger partial charge in [-0.1, -0.05) is 46.9 Å². The summed E-state index contributed by atoms with van der Waals surface area (Å²) < 4.78 is 1.56. The molecular formula is C17H11Cl3N4O3. The first-order valence-corrected chi connectivity index (χ1v) is 8.69. The van der Waals surface area contributed by atoms with Crippen LogP contribution in [-0.4, -0.2) is 20.6 Å². The fourth-order valence-electron chi connectivity index (χ4n) is 2.31. The molecule has 3 rings (SSSR count). The number of carbonyl (C=O) groups excluding carboxylic acids is 1. The third-order valence-electron chi connectivity index (χ3n) is 3.61. The number of nitrogens with one attached hydrogen (secondary N) is 1. The van der Waals surface area contributed by atoms with E-state index >= 15 is 0 Å². The molecule has 0 saturated heterocycles. The molecule has 138 valence electrons. The van der Waals surface area contributed by atoms with Crippen molar-refractivity contribution in [2.45, 2.75) is 6.54 Å². The predicted molar refractivity (Wildman–Crippen MR) is 104 cm³/mol. The summed E-state index contributed by atoms with van der Waals surface area (Å²) in [6.45, 7) is 0.430. The third-order valence-corrected chi connectivity index (χ3v) is 4.46. The molecule has 0 radical (unpaired) electrons. The van der Waals surface area contributed by atoms with Crippen LogP contribution in [0.4, 0.5) is 11.5 Å². The first kappa shape index (κ1) is 19.2. The highest BCUT2D eigenvalue weighted by atomic mass is 35.5. The van der Waals surface area contributed by atoms with Crippen LogP contribution in [-0.2, 0) is 6.54 Å². The molecule has 0 bridgehead atoms. The van der Waals surface area contributed by atoms with Crippen molar-refractivity contribution >= 4 is 52.2 Å². The molecule has 1 amide bonds. The van der Waals surface area contributed by atoms with Crippen molar-refractivity contribution in [2.24, 2.45) is 0 Å². The van der Waals surface area contributed by atoms with Gasteiger partial charge in [-0.05, 0) is 29.8 Å². The fourth-order valence-corrected chi connectivity index (χ4v) is 2.82. The van der Waals surface area contributed by atoms with Gasteiger partial charge in [0.05, 0.1) is 11.5 Å². The molecule has 0 aliphatic carbocycles. The smallest absolute Gasteiger partial charge is 0.288 e. The maximum Gasteiger partial charge on any atom is 0.288 e. The number of benzene rings is 2. The van der Waals surface area contributed by atoms with Crippen molar-refractivity contribution in [3.63, 3.8) is 0 Å². The average molecular weight is 426 g/mol. The van der Waals surface area contributed by atoms with Gasteiger partial charge in [0.2, 0.25) is 0 Å². The number of halogens is 3. The van der Waals surface area contributed by atoms with Crippen molar-refractivity contribution in [1.82, 2.24) is 9.78 Å². The molecular weight excluding hydrogens is 415 g/mol. The molecule has 0 spiro atoms. The molecule has 0 fully saturated rings. The zero-order valence-electron chi connectivity index (χ0n) is 13.5. The number of hydrogen-bond donors (Lipinski definition) is 1. The molecule has 7 nitrogen and oxygen atoms in total. The second-order valence-electron chi connectivity index (χ2n) is 5.53. The molecule has 1 N–H and O–H groups in total. The molecule has 0 saturated carbocycles. The normalized spacial score (nSPS) is 10.6. The Kier molecular flexibility index (Phi) is 5.65.